The number of rotatable bonds is 1. The van der Waals surface area contributed by atoms with Gasteiger partial charge in [0.25, 0.3) is 0 Å². The van der Waals surface area contributed by atoms with Gasteiger partial charge in [-0.05, 0) is 32.7 Å². The maximum atomic E-state index is 12.0. The Balaban J connectivity index is 4.90. The summed E-state index contributed by atoms with van der Waals surface area (Å²) in [5, 5.41) is 2.46. The molecule has 0 unspecified atom stereocenters. The van der Waals surface area contributed by atoms with Crippen molar-refractivity contribution in [3.05, 3.63) is 0 Å². The third kappa shape index (κ3) is 5.82. The average Bonchev–Trinajstić information content (AvgIpc) is 2.26. The van der Waals surface area contributed by atoms with Crippen LogP contribution in [0, 0.1) is 0 Å². The first-order valence-corrected chi connectivity index (χ1v) is 6.81. The molecule has 0 saturated heterocycles. The van der Waals surface area contributed by atoms with Crippen LogP contribution in [0.25, 0.3) is 0 Å². The van der Waals surface area contributed by atoms with Gasteiger partial charge in [-0.3, -0.25) is 9.62 Å². The van der Waals surface area contributed by atoms with Crippen LogP contribution in [0.3, 0.4) is 0 Å². The predicted octanol–water partition coefficient (Wildman–Crippen LogP) is 1.76. The highest BCUT2D eigenvalue weighted by Gasteiger charge is 2.27. The van der Waals surface area contributed by atoms with Gasteiger partial charge in [0.05, 0.1) is 7.11 Å². The lowest BCUT2D eigenvalue weighted by Gasteiger charge is -2.32. The van der Waals surface area contributed by atoms with Crippen molar-refractivity contribution in [3.63, 3.8) is 0 Å². The van der Waals surface area contributed by atoms with E-state index in [4.69, 9.17) is 4.74 Å². The third-order valence-electron chi connectivity index (χ3n) is 1.96. The van der Waals surface area contributed by atoms with Crippen molar-refractivity contribution in [1.82, 2.24) is 14.5 Å². The molecule has 0 aromatic carbocycles. The van der Waals surface area contributed by atoms with Crippen molar-refractivity contribution >= 4 is 30.0 Å². The number of carbonyl (C=O) groups excluding carboxylic acids is 2. The Labute approximate surface area is 118 Å². The number of aliphatic imine (C=N–C) groups is 1. The molecule has 0 aromatic rings. The minimum atomic E-state index is -0.511. The van der Waals surface area contributed by atoms with Gasteiger partial charge in [-0.15, -0.1) is 4.99 Å². The van der Waals surface area contributed by atoms with E-state index in [1.54, 1.807) is 20.4 Å². The summed E-state index contributed by atoms with van der Waals surface area (Å²) < 4.78 is 6.41. The minimum absolute atomic E-state index is 0.132. The highest BCUT2D eigenvalue weighted by atomic mass is 32.2. The third-order valence-corrected chi connectivity index (χ3v) is 3.04. The second kappa shape index (κ2) is 7.22. The molecular formula is C11H22N4O3S. The van der Waals surface area contributed by atoms with E-state index in [-0.39, 0.29) is 11.6 Å². The smallest absolute Gasteiger partial charge is 0.347 e. The van der Waals surface area contributed by atoms with Crippen LogP contribution in [0.1, 0.15) is 20.8 Å². The molecule has 1 N–H and O–H groups in total. The fraction of sp³-hybridized carbons (Fsp3) is 0.727. The summed E-state index contributed by atoms with van der Waals surface area (Å²) in [5.74, 6) is 0. The lowest BCUT2D eigenvalue weighted by molar-refractivity contribution is 0.204. The monoisotopic (exact) mass is 290 g/mol. The van der Waals surface area contributed by atoms with E-state index in [9.17, 15) is 9.59 Å². The van der Waals surface area contributed by atoms with E-state index in [0.717, 1.165) is 0 Å². The van der Waals surface area contributed by atoms with Crippen LogP contribution in [-0.2, 0) is 4.74 Å². The number of amides is 4. The van der Waals surface area contributed by atoms with Crippen molar-refractivity contribution in [1.29, 1.82) is 0 Å². The summed E-state index contributed by atoms with van der Waals surface area (Å²) in [6, 6.07) is -1.04. The normalized spacial score (nSPS) is 11.8. The van der Waals surface area contributed by atoms with Crippen molar-refractivity contribution in [3.8, 4) is 0 Å². The molecule has 8 heteroatoms. The molecule has 0 aliphatic rings. The summed E-state index contributed by atoms with van der Waals surface area (Å²) in [5.41, 5.74) is -0.367. The van der Waals surface area contributed by atoms with E-state index in [1.807, 2.05) is 20.8 Å². The lowest BCUT2D eigenvalue weighted by atomic mass is 10.1. The number of methoxy groups -OCH3 is 1. The van der Waals surface area contributed by atoms with Gasteiger partial charge in [0.2, 0.25) is 0 Å². The molecule has 0 bridgehead atoms. The van der Waals surface area contributed by atoms with E-state index in [1.165, 1.54) is 28.3 Å². The highest BCUT2D eigenvalue weighted by Crippen LogP contribution is 2.20. The molecule has 0 heterocycles. The van der Waals surface area contributed by atoms with Crippen LogP contribution in [-0.4, -0.2) is 60.3 Å². The maximum absolute atomic E-state index is 12.0. The number of urea groups is 2. The Kier molecular flexibility index (Phi) is 6.68. The number of hydrogen-bond acceptors (Lipinski definition) is 4. The predicted molar refractivity (Wildman–Crippen MR) is 77.2 cm³/mol. The topological polar surface area (TPSA) is 74.2 Å². The van der Waals surface area contributed by atoms with E-state index in [0.29, 0.717) is 0 Å². The van der Waals surface area contributed by atoms with Gasteiger partial charge < -0.3 is 9.64 Å². The largest absolute Gasteiger partial charge is 0.468 e. The fourth-order valence-corrected chi connectivity index (χ4v) is 1.87. The summed E-state index contributed by atoms with van der Waals surface area (Å²) in [6.45, 7) is 5.70. The molecule has 0 aliphatic heterocycles. The van der Waals surface area contributed by atoms with Crippen LogP contribution < -0.4 is 5.32 Å². The molecule has 0 fully saturated rings. The maximum Gasteiger partial charge on any atom is 0.347 e. The Bertz CT molecular complexity index is 363. The molecule has 0 aromatic heterocycles. The van der Waals surface area contributed by atoms with E-state index >= 15 is 0 Å². The van der Waals surface area contributed by atoms with E-state index in [2.05, 4.69) is 10.3 Å². The summed E-state index contributed by atoms with van der Waals surface area (Å²) in [6.07, 6.45) is 1.79. The standard InChI is InChI=1S/C11H22N4O3S/c1-11(2,3)15(19-7)10(17)13-8(18-6)12-9(16)14(4)5/h1-7H3,(H,12,13,16,17). The molecule has 7 nitrogen and oxygen atoms in total. The fourth-order valence-electron chi connectivity index (χ4n) is 1.12. The zero-order chi connectivity index (χ0) is 15.2. The second-order valence-corrected chi connectivity index (χ2v) is 5.61. The van der Waals surface area contributed by atoms with Gasteiger partial charge in [-0.25, -0.2) is 9.59 Å². The molecular weight excluding hydrogens is 268 g/mol. The zero-order valence-electron chi connectivity index (χ0n) is 12.5. The minimum Gasteiger partial charge on any atom is -0.468 e. The Morgan fingerprint density at radius 1 is 1.26 bits per heavy atom. The van der Waals surface area contributed by atoms with Crippen molar-refractivity contribution in [2.45, 2.75) is 26.3 Å². The van der Waals surface area contributed by atoms with Crippen LogP contribution >= 0.6 is 11.9 Å². The number of nitrogens with one attached hydrogen (secondary N) is 1. The molecule has 0 spiro atoms. The number of hydrogen-bond donors (Lipinski definition) is 1. The van der Waals surface area contributed by atoms with E-state index < -0.39 is 12.1 Å². The Morgan fingerprint density at radius 2 is 1.79 bits per heavy atom. The SMILES string of the molecule is COC(=NC(=O)N(C)C)NC(=O)N(SC)C(C)(C)C. The average molecular weight is 290 g/mol. The van der Waals surface area contributed by atoms with Crippen LogP contribution in [0.4, 0.5) is 9.59 Å². The van der Waals surface area contributed by atoms with Gasteiger partial charge in [0, 0.05) is 25.9 Å². The summed E-state index contributed by atoms with van der Waals surface area (Å²) >= 11 is 1.28. The van der Waals surface area contributed by atoms with Gasteiger partial charge >= 0.3 is 18.1 Å². The first-order valence-electron chi connectivity index (χ1n) is 5.62. The number of carbonyl (C=O) groups is 2. The summed E-state index contributed by atoms with van der Waals surface area (Å²) in [4.78, 5) is 28.4. The van der Waals surface area contributed by atoms with Crippen molar-refractivity contribution in [2.24, 2.45) is 4.99 Å². The lowest BCUT2D eigenvalue weighted by Crippen LogP contribution is -2.48. The van der Waals surface area contributed by atoms with Crippen LogP contribution in [0.15, 0.2) is 4.99 Å². The molecule has 19 heavy (non-hydrogen) atoms. The Morgan fingerprint density at radius 3 is 2.11 bits per heavy atom. The molecule has 4 amide bonds. The van der Waals surface area contributed by atoms with Crippen molar-refractivity contribution < 1.29 is 14.3 Å². The van der Waals surface area contributed by atoms with Gasteiger partial charge in [-0.1, -0.05) is 0 Å². The first kappa shape index (κ1) is 17.6. The number of nitrogens with zero attached hydrogens (tertiary/aromatic N) is 3. The molecule has 110 valence electrons. The number of amidine groups is 1. The van der Waals surface area contributed by atoms with Gasteiger partial charge in [-0.2, -0.15) is 0 Å². The Hall–Kier alpha value is -1.44. The first-order chi connectivity index (χ1) is 8.63. The van der Waals surface area contributed by atoms with Crippen LogP contribution in [0.2, 0.25) is 0 Å². The molecule has 0 aliphatic carbocycles. The number of ether oxygens (including phenoxy) is 1. The molecule has 0 atom stereocenters. The second-order valence-electron chi connectivity index (χ2n) is 4.88. The van der Waals surface area contributed by atoms with Crippen molar-refractivity contribution in [2.75, 3.05) is 27.5 Å². The van der Waals surface area contributed by atoms with Gasteiger partial charge in [0.1, 0.15) is 0 Å². The summed E-state index contributed by atoms with van der Waals surface area (Å²) in [7, 11) is 4.46. The molecule has 0 saturated carbocycles. The molecule has 0 radical (unpaired) electrons. The van der Waals surface area contributed by atoms with Gasteiger partial charge in [0.15, 0.2) is 0 Å². The highest BCUT2D eigenvalue weighted by molar-refractivity contribution is 7.96. The quantitative estimate of drug-likeness (QED) is 0.453. The van der Waals surface area contributed by atoms with Crippen LogP contribution in [0.5, 0.6) is 0 Å². The zero-order valence-corrected chi connectivity index (χ0v) is 13.3. The molecule has 0 rings (SSSR count).